The number of carbonyl (C=O) groups is 1. The van der Waals surface area contributed by atoms with Gasteiger partial charge in [0.15, 0.2) is 5.78 Å². The van der Waals surface area contributed by atoms with Crippen LogP contribution in [0.25, 0.3) is 20.5 Å². The van der Waals surface area contributed by atoms with E-state index in [1.807, 2.05) is 48.5 Å². The summed E-state index contributed by atoms with van der Waals surface area (Å²) in [5, 5.41) is 1.00. The number of hydrogen-bond donors (Lipinski definition) is 0. The van der Waals surface area contributed by atoms with Gasteiger partial charge < -0.3 is 9.47 Å². The Kier molecular flexibility index (Phi) is 8.27. The molecule has 0 unspecified atom stereocenters. The quantitative estimate of drug-likeness (QED) is 0.180. The lowest BCUT2D eigenvalue weighted by Crippen LogP contribution is -2.25. The summed E-state index contributed by atoms with van der Waals surface area (Å²) in [6.07, 6.45) is 9.10. The summed E-state index contributed by atoms with van der Waals surface area (Å²) in [5.41, 5.74) is 2.50. The molecular formula is C34H37NO3S. The fourth-order valence-electron chi connectivity index (χ4n) is 5.96. The normalized spacial score (nSPS) is 16.2. The molecule has 202 valence electrons. The molecule has 1 aromatic heterocycles. The maximum absolute atomic E-state index is 13.9. The van der Waals surface area contributed by atoms with E-state index < -0.39 is 0 Å². The number of likely N-dealkylation sites (tertiary alicyclic amines) is 1. The van der Waals surface area contributed by atoms with Crippen LogP contribution in [-0.4, -0.2) is 43.5 Å². The molecule has 1 saturated heterocycles. The minimum Gasteiger partial charge on any atom is -0.494 e. The van der Waals surface area contributed by atoms with Crippen LogP contribution in [0.5, 0.6) is 11.5 Å². The lowest BCUT2D eigenvalue weighted by Gasteiger charge is -2.15. The van der Waals surface area contributed by atoms with Gasteiger partial charge in [0.1, 0.15) is 18.1 Å². The summed E-state index contributed by atoms with van der Waals surface area (Å²) in [6.45, 7) is 4.78. The van der Waals surface area contributed by atoms with Gasteiger partial charge >= 0.3 is 0 Å². The Balaban J connectivity index is 1.17. The van der Waals surface area contributed by atoms with Crippen molar-refractivity contribution in [2.24, 2.45) is 5.92 Å². The van der Waals surface area contributed by atoms with Crippen LogP contribution in [0.15, 0.2) is 72.8 Å². The van der Waals surface area contributed by atoms with Crippen molar-refractivity contribution in [3.63, 3.8) is 0 Å². The topological polar surface area (TPSA) is 38.8 Å². The van der Waals surface area contributed by atoms with Crippen LogP contribution in [0.2, 0.25) is 0 Å². The van der Waals surface area contributed by atoms with Crippen LogP contribution >= 0.6 is 11.3 Å². The predicted molar refractivity (Wildman–Crippen MR) is 160 cm³/mol. The van der Waals surface area contributed by atoms with Crippen molar-refractivity contribution in [3.05, 3.63) is 83.9 Å². The van der Waals surface area contributed by atoms with Crippen LogP contribution in [0, 0.1) is 5.92 Å². The Bertz CT molecular complexity index is 1380. The van der Waals surface area contributed by atoms with Crippen LogP contribution in [0.3, 0.4) is 0 Å². The zero-order valence-electron chi connectivity index (χ0n) is 22.6. The van der Waals surface area contributed by atoms with Gasteiger partial charge in [0.2, 0.25) is 0 Å². The van der Waals surface area contributed by atoms with Gasteiger partial charge in [-0.1, -0.05) is 43.9 Å². The molecular weight excluding hydrogens is 502 g/mol. The lowest BCUT2D eigenvalue weighted by atomic mass is 9.97. The number of thiophene rings is 1. The number of rotatable bonds is 11. The summed E-state index contributed by atoms with van der Waals surface area (Å²) < 4.78 is 13.1. The number of hydrogen-bond acceptors (Lipinski definition) is 5. The molecule has 4 nitrogen and oxygen atoms in total. The molecule has 1 aliphatic heterocycles. The molecule has 2 heterocycles. The van der Waals surface area contributed by atoms with E-state index in [2.05, 4.69) is 29.2 Å². The summed E-state index contributed by atoms with van der Waals surface area (Å²) in [5.74, 6) is 2.56. The minimum absolute atomic E-state index is 0.0471. The second kappa shape index (κ2) is 12.4. The molecule has 6 rings (SSSR count). The van der Waals surface area contributed by atoms with Crippen molar-refractivity contribution >= 4 is 27.2 Å². The number of ether oxygens (including phenoxy) is 2. The first-order valence-corrected chi connectivity index (χ1v) is 15.3. The first-order valence-electron chi connectivity index (χ1n) is 14.5. The van der Waals surface area contributed by atoms with Crippen LogP contribution in [-0.2, 0) is 0 Å². The van der Waals surface area contributed by atoms with E-state index in [0.29, 0.717) is 12.2 Å². The molecule has 2 fully saturated rings. The van der Waals surface area contributed by atoms with Crippen LogP contribution in [0.1, 0.15) is 60.9 Å². The molecule has 0 N–H and O–H groups in total. The van der Waals surface area contributed by atoms with Gasteiger partial charge in [-0.05, 0) is 98.4 Å². The number of carbonyl (C=O) groups excluding carboxylic acids is 1. The molecule has 39 heavy (non-hydrogen) atoms. The summed E-state index contributed by atoms with van der Waals surface area (Å²) in [4.78, 5) is 17.3. The Hall–Kier alpha value is -3.15. The smallest absolute Gasteiger partial charge is 0.195 e. The van der Waals surface area contributed by atoms with Gasteiger partial charge in [0, 0.05) is 32.6 Å². The highest BCUT2D eigenvalue weighted by Crippen LogP contribution is 2.40. The lowest BCUT2D eigenvalue weighted by molar-refractivity contribution is 0.104. The van der Waals surface area contributed by atoms with E-state index in [1.165, 1.54) is 51.6 Å². The molecule has 5 heteroatoms. The largest absolute Gasteiger partial charge is 0.494 e. The van der Waals surface area contributed by atoms with Gasteiger partial charge in [-0.15, -0.1) is 11.3 Å². The predicted octanol–water partition coefficient (Wildman–Crippen LogP) is 8.23. The Labute approximate surface area is 235 Å². The zero-order chi connectivity index (χ0) is 26.4. The molecule has 3 aromatic carbocycles. The molecule has 0 amide bonds. The highest BCUT2D eigenvalue weighted by molar-refractivity contribution is 7.22. The number of ketones is 1. The van der Waals surface area contributed by atoms with Gasteiger partial charge in [-0.25, -0.2) is 0 Å². The minimum atomic E-state index is 0.0471. The van der Waals surface area contributed by atoms with E-state index in [0.717, 1.165) is 63.1 Å². The van der Waals surface area contributed by atoms with Gasteiger partial charge in [-0.3, -0.25) is 9.69 Å². The average Bonchev–Trinajstić information content (AvgIpc) is 3.75. The molecule has 0 atom stereocenters. The molecule has 0 radical (unpaired) electrons. The molecule has 1 aliphatic carbocycles. The van der Waals surface area contributed by atoms with Crippen LogP contribution < -0.4 is 9.47 Å². The number of nitrogens with zero attached hydrogens (tertiary/aromatic N) is 1. The van der Waals surface area contributed by atoms with Crippen LogP contribution in [0.4, 0.5) is 0 Å². The maximum Gasteiger partial charge on any atom is 0.195 e. The maximum atomic E-state index is 13.9. The second-order valence-corrected chi connectivity index (χ2v) is 11.9. The summed E-state index contributed by atoms with van der Waals surface area (Å²) >= 11 is 1.67. The van der Waals surface area contributed by atoms with Crippen molar-refractivity contribution < 1.29 is 14.3 Å². The highest BCUT2D eigenvalue weighted by atomic mass is 32.1. The summed E-state index contributed by atoms with van der Waals surface area (Å²) in [7, 11) is 0. The fraction of sp³-hybridized carbons (Fsp3) is 0.382. The third-order valence-corrected chi connectivity index (χ3v) is 9.42. The van der Waals surface area contributed by atoms with Crippen molar-refractivity contribution in [3.8, 4) is 21.9 Å². The van der Waals surface area contributed by atoms with Crippen molar-refractivity contribution in [1.82, 2.24) is 4.90 Å². The summed E-state index contributed by atoms with van der Waals surface area (Å²) in [6, 6.07) is 24.1. The van der Waals surface area contributed by atoms with Crippen molar-refractivity contribution in [2.75, 3.05) is 32.8 Å². The standard InChI is InChI=1S/C34H37NO3S/c36-33(26-11-15-28(16-12-26)37-23-19-25-7-1-2-8-25)32-30-9-3-4-10-31(30)39-34(32)27-13-17-29(18-14-27)38-24-22-35-20-5-6-21-35/h3-4,9-18,25H,1-2,5-8,19-24H2. The zero-order valence-corrected chi connectivity index (χ0v) is 23.4. The Morgan fingerprint density at radius 3 is 2.21 bits per heavy atom. The fourth-order valence-corrected chi connectivity index (χ4v) is 7.17. The Morgan fingerprint density at radius 2 is 1.46 bits per heavy atom. The van der Waals surface area contributed by atoms with Gasteiger partial charge in [0.05, 0.1) is 6.61 Å². The van der Waals surface area contributed by atoms with Gasteiger partial charge in [-0.2, -0.15) is 0 Å². The second-order valence-electron chi connectivity index (χ2n) is 10.9. The third-order valence-electron chi connectivity index (χ3n) is 8.20. The SMILES string of the molecule is O=C(c1ccc(OCCC2CCCC2)cc1)c1c(-c2ccc(OCCN3CCCC3)cc2)sc2ccccc12. The van der Waals surface area contributed by atoms with E-state index >= 15 is 0 Å². The highest BCUT2D eigenvalue weighted by Gasteiger charge is 2.22. The molecule has 0 spiro atoms. The van der Waals surface area contributed by atoms with E-state index in [9.17, 15) is 4.79 Å². The Morgan fingerprint density at radius 1 is 0.795 bits per heavy atom. The average molecular weight is 540 g/mol. The van der Waals surface area contributed by atoms with Crippen molar-refractivity contribution in [1.29, 1.82) is 0 Å². The first-order chi connectivity index (χ1) is 19.2. The van der Waals surface area contributed by atoms with Gasteiger partial charge in [0.25, 0.3) is 0 Å². The molecule has 2 aliphatic rings. The molecule has 4 aromatic rings. The van der Waals surface area contributed by atoms with E-state index in [4.69, 9.17) is 9.47 Å². The number of benzene rings is 3. The third kappa shape index (κ3) is 6.21. The number of fused-ring (bicyclic) bond motifs is 1. The molecule has 0 bridgehead atoms. The van der Waals surface area contributed by atoms with E-state index in [1.54, 1.807) is 11.3 Å². The van der Waals surface area contributed by atoms with E-state index in [-0.39, 0.29) is 5.78 Å². The first kappa shape index (κ1) is 26.1. The van der Waals surface area contributed by atoms with Crippen molar-refractivity contribution in [2.45, 2.75) is 44.9 Å². The molecule has 1 saturated carbocycles. The monoisotopic (exact) mass is 539 g/mol.